The minimum absolute atomic E-state index is 0.128. The first-order chi connectivity index (χ1) is 14.8. The number of aryl methyl sites for hydroxylation is 1. The number of hydrogen-bond acceptors (Lipinski definition) is 6. The van der Waals surface area contributed by atoms with Crippen LogP contribution in [0.4, 0.5) is 4.79 Å². The van der Waals surface area contributed by atoms with Gasteiger partial charge in [-0.1, -0.05) is 13.3 Å². The lowest BCUT2D eigenvalue weighted by Crippen LogP contribution is -2.43. The van der Waals surface area contributed by atoms with E-state index in [0.717, 1.165) is 48.2 Å². The number of nitrogens with zero attached hydrogens (tertiary/aromatic N) is 3. The SMILES string of the molecule is CCC[C@H]1CCc2sc3ncnc(O[C@H]4CC[C@H](N(C)C(=O)OC(C)(C)C)CC4)c3c21. The van der Waals surface area contributed by atoms with Gasteiger partial charge in [0.05, 0.1) is 5.39 Å². The van der Waals surface area contributed by atoms with Gasteiger partial charge in [0.1, 0.15) is 22.9 Å². The van der Waals surface area contributed by atoms with Crippen molar-refractivity contribution in [2.24, 2.45) is 0 Å². The van der Waals surface area contributed by atoms with Crippen LogP contribution in [0, 0.1) is 0 Å². The normalized spacial score (nSPS) is 23.6. The number of hydrogen-bond donors (Lipinski definition) is 0. The molecule has 0 spiro atoms. The van der Waals surface area contributed by atoms with Gasteiger partial charge in [-0.25, -0.2) is 14.8 Å². The van der Waals surface area contributed by atoms with Gasteiger partial charge < -0.3 is 14.4 Å². The van der Waals surface area contributed by atoms with E-state index in [1.54, 1.807) is 11.2 Å². The molecule has 2 aromatic heterocycles. The molecule has 2 aliphatic carbocycles. The number of carbonyl (C=O) groups excluding carboxylic acids is 1. The van der Waals surface area contributed by atoms with E-state index < -0.39 is 5.60 Å². The van der Waals surface area contributed by atoms with E-state index >= 15 is 0 Å². The van der Waals surface area contributed by atoms with Crippen LogP contribution in [0.25, 0.3) is 10.2 Å². The molecule has 0 unspecified atom stereocenters. The number of fused-ring (bicyclic) bond motifs is 3. The fraction of sp³-hybridized carbons (Fsp3) is 0.708. The Kier molecular flexibility index (Phi) is 6.42. The Balaban J connectivity index is 1.43. The Morgan fingerprint density at radius 2 is 1.94 bits per heavy atom. The van der Waals surface area contributed by atoms with Crippen molar-refractivity contribution in [3.63, 3.8) is 0 Å². The highest BCUT2D eigenvalue weighted by Gasteiger charge is 2.32. The van der Waals surface area contributed by atoms with Gasteiger partial charge in [-0.15, -0.1) is 11.3 Å². The van der Waals surface area contributed by atoms with Crippen molar-refractivity contribution in [1.29, 1.82) is 0 Å². The van der Waals surface area contributed by atoms with Gasteiger partial charge in [-0.3, -0.25) is 0 Å². The van der Waals surface area contributed by atoms with Crippen molar-refractivity contribution >= 4 is 27.6 Å². The summed E-state index contributed by atoms with van der Waals surface area (Å²) >= 11 is 1.81. The summed E-state index contributed by atoms with van der Waals surface area (Å²) in [6.45, 7) is 7.96. The van der Waals surface area contributed by atoms with Crippen LogP contribution >= 0.6 is 11.3 Å². The van der Waals surface area contributed by atoms with E-state index in [0.29, 0.717) is 5.92 Å². The molecule has 1 amide bonds. The molecule has 2 aliphatic rings. The second-order valence-corrected chi connectivity index (χ2v) is 11.0. The molecule has 1 fully saturated rings. The Bertz CT molecular complexity index is 928. The van der Waals surface area contributed by atoms with Crippen molar-refractivity contribution in [2.75, 3.05) is 7.05 Å². The van der Waals surface area contributed by atoms with E-state index in [1.807, 2.05) is 39.2 Å². The number of carbonyl (C=O) groups is 1. The average molecular weight is 446 g/mol. The van der Waals surface area contributed by atoms with E-state index in [-0.39, 0.29) is 18.2 Å². The van der Waals surface area contributed by atoms with Gasteiger partial charge >= 0.3 is 6.09 Å². The first-order valence-electron chi connectivity index (χ1n) is 11.7. The van der Waals surface area contributed by atoms with Crippen molar-refractivity contribution in [1.82, 2.24) is 14.9 Å². The molecule has 0 aromatic carbocycles. The first kappa shape index (κ1) is 22.3. The Labute approximate surface area is 189 Å². The Hall–Kier alpha value is -1.89. The molecule has 170 valence electrons. The summed E-state index contributed by atoms with van der Waals surface area (Å²) in [7, 11) is 1.84. The smallest absolute Gasteiger partial charge is 0.410 e. The van der Waals surface area contributed by atoms with Gasteiger partial charge in [0.2, 0.25) is 5.88 Å². The highest BCUT2D eigenvalue weighted by atomic mass is 32.1. The minimum Gasteiger partial charge on any atom is -0.474 e. The fourth-order valence-electron chi connectivity index (χ4n) is 4.96. The maximum absolute atomic E-state index is 12.4. The molecule has 1 saturated carbocycles. The number of thiophene rings is 1. The first-order valence-corrected chi connectivity index (χ1v) is 12.5. The van der Waals surface area contributed by atoms with Crippen LogP contribution in [0.1, 0.15) is 89.0 Å². The van der Waals surface area contributed by atoms with Crippen LogP contribution in [0.5, 0.6) is 5.88 Å². The third-order valence-corrected chi connectivity index (χ3v) is 7.66. The van der Waals surface area contributed by atoms with Crippen molar-refractivity contribution in [3.05, 3.63) is 16.8 Å². The molecule has 2 heterocycles. The zero-order chi connectivity index (χ0) is 22.2. The third-order valence-electron chi connectivity index (χ3n) is 6.48. The summed E-state index contributed by atoms with van der Waals surface area (Å²) in [5.74, 6) is 1.37. The van der Waals surface area contributed by atoms with Crippen LogP contribution in [-0.4, -0.2) is 45.8 Å². The monoisotopic (exact) mass is 445 g/mol. The topological polar surface area (TPSA) is 64.6 Å². The third kappa shape index (κ3) is 4.81. The van der Waals surface area contributed by atoms with E-state index in [9.17, 15) is 4.79 Å². The highest BCUT2D eigenvalue weighted by Crippen LogP contribution is 2.47. The average Bonchev–Trinajstić information content (AvgIpc) is 3.27. The maximum atomic E-state index is 12.4. The molecule has 31 heavy (non-hydrogen) atoms. The Morgan fingerprint density at radius 1 is 1.19 bits per heavy atom. The lowest BCUT2D eigenvalue weighted by atomic mass is 9.92. The number of amides is 1. The van der Waals surface area contributed by atoms with E-state index in [4.69, 9.17) is 9.47 Å². The second kappa shape index (κ2) is 8.93. The van der Waals surface area contributed by atoms with Gasteiger partial charge in [0.25, 0.3) is 0 Å². The fourth-order valence-corrected chi connectivity index (χ4v) is 6.19. The van der Waals surface area contributed by atoms with E-state index in [2.05, 4.69) is 16.9 Å². The number of ether oxygens (including phenoxy) is 2. The summed E-state index contributed by atoms with van der Waals surface area (Å²) in [5.41, 5.74) is 0.983. The van der Waals surface area contributed by atoms with Crippen LogP contribution in [0.2, 0.25) is 0 Å². The molecular formula is C24H35N3O3S. The van der Waals surface area contributed by atoms with E-state index in [1.165, 1.54) is 29.7 Å². The molecular weight excluding hydrogens is 410 g/mol. The summed E-state index contributed by atoms with van der Waals surface area (Å²) < 4.78 is 12.0. The molecule has 1 atom stereocenters. The molecule has 0 saturated heterocycles. The molecule has 7 heteroatoms. The number of rotatable bonds is 5. The lowest BCUT2D eigenvalue weighted by Gasteiger charge is -2.35. The summed E-state index contributed by atoms with van der Waals surface area (Å²) in [6, 6.07) is 0.194. The van der Waals surface area contributed by atoms with Crippen LogP contribution in [-0.2, 0) is 11.2 Å². The highest BCUT2D eigenvalue weighted by molar-refractivity contribution is 7.19. The molecule has 6 nitrogen and oxygen atoms in total. The standard InChI is InChI=1S/C24H35N3O3S/c1-6-7-15-8-13-18-19(15)20-21(25-14-26-22(20)31-18)29-17-11-9-16(10-12-17)27(5)23(28)30-24(2,3)4/h14-17H,6-13H2,1-5H3/t15-,16-,17-/m0/s1. The summed E-state index contributed by atoms with van der Waals surface area (Å²) in [6.07, 6.45) is 9.97. The van der Waals surface area contributed by atoms with Crippen LogP contribution < -0.4 is 4.74 Å². The summed E-state index contributed by atoms with van der Waals surface area (Å²) in [5, 5.41) is 1.16. The lowest BCUT2D eigenvalue weighted by molar-refractivity contribution is 0.0138. The van der Waals surface area contributed by atoms with Crippen LogP contribution in [0.15, 0.2) is 6.33 Å². The predicted octanol–water partition coefficient (Wildman–Crippen LogP) is 6.08. The number of aromatic nitrogens is 2. The quantitative estimate of drug-likeness (QED) is 0.558. The summed E-state index contributed by atoms with van der Waals surface area (Å²) in [4.78, 5) is 25.8. The molecule has 0 radical (unpaired) electrons. The molecule has 4 rings (SSSR count). The van der Waals surface area contributed by atoms with Crippen LogP contribution in [0.3, 0.4) is 0 Å². The molecule has 0 N–H and O–H groups in total. The van der Waals surface area contributed by atoms with Gasteiger partial charge in [0.15, 0.2) is 0 Å². The predicted molar refractivity (Wildman–Crippen MR) is 124 cm³/mol. The van der Waals surface area contributed by atoms with Crippen molar-refractivity contribution in [3.8, 4) is 5.88 Å². The molecule has 2 aromatic rings. The van der Waals surface area contributed by atoms with Gasteiger partial charge in [-0.05, 0) is 77.2 Å². The Morgan fingerprint density at radius 3 is 2.61 bits per heavy atom. The largest absolute Gasteiger partial charge is 0.474 e. The second-order valence-electron chi connectivity index (χ2n) is 9.96. The zero-order valence-corrected chi connectivity index (χ0v) is 20.3. The van der Waals surface area contributed by atoms with Crippen molar-refractivity contribution in [2.45, 2.75) is 103 Å². The van der Waals surface area contributed by atoms with Gasteiger partial charge in [-0.2, -0.15) is 0 Å². The molecule has 0 bridgehead atoms. The maximum Gasteiger partial charge on any atom is 0.410 e. The van der Waals surface area contributed by atoms with Crippen molar-refractivity contribution < 1.29 is 14.3 Å². The van der Waals surface area contributed by atoms with Gasteiger partial charge in [0, 0.05) is 18.0 Å². The molecule has 0 aliphatic heterocycles. The minimum atomic E-state index is -0.472. The zero-order valence-electron chi connectivity index (χ0n) is 19.4.